The standard InChI is InChI=1S/C19H22FNO3/c1-13(16-7-5-6-8-17(16)20)21(2)19(22)12-14-11-15(23-3)9-10-18(14)24-4/h5-11,13H,12H2,1-4H3/t13-/m0/s1. The van der Waals surface area contributed by atoms with E-state index in [0.717, 1.165) is 5.56 Å². The molecule has 5 heteroatoms. The Bertz CT molecular complexity index is 718. The molecular weight excluding hydrogens is 309 g/mol. The first-order chi connectivity index (χ1) is 11.5. The largest absolute Gasteiger partial charge is 0.497 e. The zero-order valence-corrected chi connectivity index (χ0v) is 14.4. The maximum Gasteiger partial charge on any atom is 0.227 e. The van der Waals surface area contributed by atoms with Crippen LogP contribution in [0.2, 0.25) is 0 Å². The first-order valence-electron chi connectivity index (χ1n) is 7.69. The molecule has 128 valence electrons. The van der Waals surface area contributed by atoms with Gasteiger partial charge in [-0.15, -0.1) is 0 Å². The van der Waals surface area contributed by atoms with Crippen LogP contribution in [0.5, 0.6) is 11.5 Å². The van der Waals surface area contributed by atoms with Crippen molar-refractivity contribution in [1.82, 2.24) is 4.90 Å². The van der Waals surface area contributed by atoms with E-state index in [1.54, 1.807) is 64.6 Å². The second kappa shape index (κ2) is 7.81. The molecular formula is C19H22FNO3. The van der Waals surface area contributed by atoms with Gasteiger partial charge in [-0.1, -0.05) is 18.2 Å². The second-order valence-corrected chi connectivity index (χ2v) is 5.56. The minimum atomic E-state index is -0.365. The number of hydrogen-bond donors (Lipinski definition) is 0. The summed E-state index contributed by atoms with van der Waals surface area (Å²) in [6, 6.07) is 11.4. The van der Waals surface area contributed by atoms with Gasteiger partial charge in [0.2, 0.25) is 5.91 Å². The number of likely N-dealkylation sites (N-methyl/N-ethyl adjacent to an activating group) is 1. The smallest absolute Gasteiger partial charge is 0.227 e. The van der Waals surface area contributed by atoms with Gasteiger partial charge >= 0.3 is 0 Å². The Labute approximate surface area is 141 Å². The topological polar surface area (TPSA) is 38.8 Å². The highest BCUT2D eigenvalue weighted by atomic mass is 19.1. The number of nitrogens with zero attached hydrogens (tertiary/aromatic N) is 1. The van der Waals surface area contributed by atoms with Gasteiger partial charge in [0.25, 0.3) is 0 Å². The molecule has 0 aliphatic heterocycles. The molecule has 4 nitrogen and oxygen atoms in total. The molecule has 0 bridgehead atoms. The number of carbonyl (C=O) groups excluding carboxylic acids is 1. The van der Waals surface area contributed by atoms with Crippen LogP contribution in [0.4, 0.5) is 4.39 Å². The van der Waals surface area contributed by atoms with Gasteiger partial charge in [0, 0.05) is 18.2 Å². The maximum absolute atomic E-state index is 13.9. The molecule has 0 aliphatic rings. The summed E-state index contributed by atoms with van der Waals surface area (Å²) < 4.78 is 24.4. The molecule has 0 N–H and O–H groups in total. The lowest BCUT2D eigenvalue weighted by Gasteiger charge is -2.26. The van der Waals surface area contributed by atoms with Crippen LogP contribution in [0.3, 0.4) is 0 Å². The number of methoxy groups -OCH3 is 2. The number of ether oxygens (including phenoxy) is 2. The molecule has 2 rings (SSSR count). The highest BCUT2D eigenvalue weighted by Gasteiger charge is 2.21. The molecule has 0 aliphatic carbocycles. The first kappa shape index (κ1) is 17.8. The van der Waals surface area contributed by atoms with E-state index >= 15 is 0 Å². The normalized spacial score (nSPS) is 11.7. The zero-order valence-electron chi connectivity index (χ0n) is 14.4. The molecule has 2 aromatic carbocycles. The lowest BCUT2D eigenvalue weighted by Crippen LogP contribution is -2.31. The molecule has 0 fully saturated rings. The molecule has 0 spiro atoms. The van der Waals surface area contributed by atoms with Crippen LogP contribution in [0.15, 0.2) is 42.5 Å². The van der Waals surface area contributed by atoms with Gasteiger partial charge in [-0.25, -0.2) is 4.39 Å². The monoisotopic (exact) mass is 331 g/mol. The average molecular weight is 331 g/mol. The van der Waals surface area contributed by atoms with Crippen molar-refractivity contribution in [3.63, 3.8) is 0 Å². The lowest BCUT2D eigenvalue weighted by molar-refractivity contribution is -0.131. The number of amides is 1. The SMILES string of the molecule is COc1ccc(OC)c(CC(=O)N(C)[C@@H](C)c2ccccc2F)c1. The Morgan fingerprint density at radius 1 is 1.17 bits per heavy atom. The minimum Gasteiger partial charge on any atom is -0.497 e. The molecule has 0 saturated heterocycles. The summed E-state index contributed by atoms with van der Waals surface area (Å²) in [5.41, 5.74) is 1.22. The van der Waals surface area contributed by atoms with E-state index in [2.05, 4.69) is 0 Å². The van der Waals surface area contributed by atoms with Crippen LogP contribution >= 0.6 is 0 Å². The number of benzene rings is 2. The minimum absolute atomic E-state index is 0.127. The van der Waals surface area contributed by atoms with E-state index < -0.39 is 0 Å². The quantitative estimate of drug-likeness (QED) is 0.812. The van der Waals surface area contributed by atoms with E-state index in [9.17, 15) is 9.18 Å². The Kier molecular flexibility index (Phi) is 5.79. The Morgan fingerprint density at radius 3 is 2.50 bits per heavy atom. The van der Waals surface area contributed by atoms with E-state index in [4.69, 9.17) is 9.47 Å². The van der Waals surface area contributed by atoms with Gasteiger partial charge in [-0.2, -0.15) is 0 Å². The Balaban J connectivity index is 2.19. The summed E-state index contributed by atoms with van der Waals surface area (Å²) >= 11 is 0. The molecule has 1 amide bonds. The fraction of sp³-hybridized carbons (Fsp3) is 0.316. The highest BCUT2D eigenvalue weighted by Crippen LogP contribution is 2.27. The number of hydrogen-bond acceptors (Lipinski definition) is 3. The van der Waals surface area contributed by atoms with Crippen LogP contribution in [-0.2, 0) is 11.2 Å². The fourth-order valence-corrected chi connectivity index (χ4v) is 2.55. The predicted molar refractivity (Wildman–Crippen MR) is 90.8 cm³/mol. The van der Waals surface area contributed by atoms with E-state index in [1.807, 2.05) is 0 Å². The summed E-state index contributed by atoms with van der Waals surface area (Å²) in [4.78, 5) is 14.2. The third kappa shape index (κ3) is 3.85. The summed E-state index contributed by atoms with van der Waals surface area (Å²) in [6.45, 7) is 1.80. The number of halogens is 1. The van der Waals surface area contributed by atoms with Crippen LogP contribution in [0.25, 0.3) is 0 Å². The summed E-state index contributed by atoms with van der Waals surface area (Å²) in [5.74, 6) is 0.834. The zero-order chi connectivity index (χ0) is 17.7. The van der Waals surface area contributed by atoms with Crippen molar-refractivity contribution in [1.29, 1.82) is 0 Å². The molecule has 1 atom stereocenters. The van der Waals surface area contributed by atoms with Crippen LogP contribution in [0, 0.1) is 5.82 Å². The molecule has 0 aromatic heterocycles. The van der Waals surface area contributed by atoms with Crippen molar-refractivity contribution in [2.45, 2.75) is 19.4 Å². The average Bonchev–Trinajstić information content (AvgIpc) is 2.60. The van der Waals surface area contributed by atoms with Crippen molar-refractivity contribution >= 4 is 5.91 Å². The molecule has 24 heavy (non-hydrogen) atoms. The Morgan fingerprint density at radius 2 is 1.88 bits per heavy atom. The lowest BCUT2D eigenvalue weighted by atomic mass is 10.0. The first-order valence-corrected chi connectivity index (χ1v) is 7.69. The van der Waals surface area contributed by atoms with Gasteiger partial charge in [0.05, 0.1) is 26.7 Å². The number of carbonyl (C=O) groups is 1. The van der Waals surface area contributed by atoms with Crippen molar-refractivity contribution < 1.29 is 18.7 Å². The second-order valence-electron chi connectivity index (χ2n) is 5.56. The molecule has 0 unspecified atom stereocenters. The third-order valence-electron chi connectivity index (χ3n) is 4.16. The molecule has 0 saturated carbocycles. The van der Waals surface area contributed by atoms with Crippen molar-refractivity contribution in [2.75, 3.05) is 21.3 Å². The van der Waals surface area contributed by atoms with Crippen LogP contribution in [0.1, 0.15) is 24.1 Å². The predicted octanol–water partition coefficient (Wildman–Crippen LogP) is 3.61. The van der Waals surface area contributed by atoms with Crippen LogP contribution < -0.4 is 9.47 Å². The van der Waals surface area contributed by atoms with Crippen molar-refractivity contribution in [2.24, 2.45) is 0 Å². The van der Waals surface area contributed by atoms with Gasteiger partial charge in [0.15, 0.2) is 0 Å². The Hall–Kier alpha value is -2.56. The third-order valence-corrected chi connectivity index (χ3v) is 4.16. The molecule has 0 radical (unpaired) electrons. The van der Waals surface area contributed by atoms with E-state index in [-0.39, 0.29) is 24.2 Å². The summed E-state index contributed by atoms with van der Waals surface area (Å²) in [7, 11) is 4.80. The molecule has 2 aromatic rings. The summed E-state index contributed by atoms with van der Waals surface area (Å²) in [6.07, 6.45) is 0.148. The molecule has 0 heterocycles. The fourth-order valence-electron chi connectivity index (χ4n) is 2.55. The van der Waals surface area contributed by atoms with Gasteiger partial charge in [-0.3, -0.25) is 4.79 Å². The number of rotatable bonds is 6. The van der Waals surface area contributed by atoms with Crippen molar-refractivity contribution in [3.8, 4) is 11.5 Å². The van der Waals surface area contributed by atoms with Crippen LogP contribution in [-0.4, -0.2) is 32.1 Å². The highest BCUT2D eigenvalue weighted by molar-refractivity contribution is 5.80. The van der Waals surface area contributed by atoms with Gasteiger partial charge in [-0.05, 0) is 31.2 Å². The maximum atomic E-state index is 13.9. The van der Waals surface area contributed by atoms with E-state index in [1.165, 1.54) is 11.0 Å². The van der Waals surface area contributed by atoms with Gasteiger partial charge < -0.3 is 14.4 Å². The van der Waals surface area contributed by atoms with Crippen molar-refractivity contribution in [3.05, 3.63) is 59.4 Å². The van der Waals surface area contributed by atoms with Gasteiger partial charge in [0.1, 0.15) is 17.3 Å². The van der Waals surface area contributed by atoms with E-state index in [0.29, 0.717) is 17.1 Å². The summed E-state index contributed by atoms with van der Waals surface area (Å²) in [5, 5.41) is 0.